The van der Waals surface area contributed by atoms with Crippen molar-refractivity contribution in [3.63, 3.8) is 0 Å². The van der Waals surface area contributed by atoms with Crippen molar-refractivity contribution in [3.05, 3.63) is 69.3 Å². The summed E-state index contributed by atoms with van der Waals surface area (Å²) in [5, 5.41) is 14.1. The van der Waals surface area contributed by atoms with E-state index in [-0.39, 0.29) is 11.3 Å². The molecule has 0 aliphatic heterocycles. The Morgan fingerprint density at radius 3 is 2.64 bits per heavy atom. The van der Waals surface area contributed by atoms with Gasteiger partial charge in [0.2, 0.25) is 5.91 Å². The van der Waals surface area contributed by atoms with Crippen molar-refractivity contribution < 1.29 is 9.72 Å². The number of benzene rings is 2. The smallest absolute Gasteiger partial charge is 0.293 e. The van der Waals surface area contributed by atoms with Crippen LogP contribution in [0.4, 0.5) is 11.4 Å². The lowest BCUT2D eigenvalue weighted by Crippen LogP contribution is -2.12. The maximum absolute atomic E-state index is 11.1. The van der Waals surface area contributed by atoms with Crippen molar-refractivity contribution in [2.75, 3.05) is 11.9 Å². The van der Waals surface area contributed by atoms with Crippen LogP contribution in [0.25, 0.3) is 0 Å². The van der Waals surface area contributed by atoms with Crippen LogP contribution in [0, 0.1) is 17.0 Å². The highest BCUT2D eigenvalue weighted by Gasteiger charge is 2.16. The van der Waals surface area contributed by atoms with Gasteiger partial charge in [0, 0.05) is 18.2 Å². The van der Waals surface area contributed by atoms with Gasteiger partial charge in [0.1, 0.15) is 5.69 Å². The molecule has 1 amide bonds. The third kappa shape index (κ3) is 3.60. The number of carbonyl (C=O) groups is 1. The predicted octanol–water partition coefficient (Wildman–Crippen LogP) is 2.66. The highest BCUT2D eigenvalue weighted by Crippen LogP contribution is 2.25. The molecule has 6 heteroatoms. The molecular formula is C16H17N3O3. The van der Waals surface area contributed by atoms with Gasteiger partial charge in [-0.25, -0.2) is 0 Å². The number of aryl methyl sites for hydroxylation is 1. The van der Waals surface area contributed by atoms with Crippen LogP contribution in [-0.2, 0) is 6.42 Å². The number of amides is 1. The largest absolute Gasteiger partial charge is 0.379 e. The number of nitrogens with one attached hydrogen (secondary N) is 1. The van der Waals surface area contributed by atoms with Crippen LogP contribution in [0.3, 0.4) is 0 Å². The molecule has 0 fully saturated rings. The van der Waals surface area contributed by atoms with Crippen LogP contribution < -0.4 is 11.1 Å². The molecule has 0 heterocycles. The third-order valence-corrected chi connectivity index (χ3v) is 3.45. The minimum absolute atomic E-state index is 0.121. The summed E-state index contributed by atoms with van der Waals surface area (Å²) in [4.78, 5) is 21.7. The molecule has 2 aromatic carbocycles. The minimum atomic E-state index is -0.686. The molecule has 2 aromatic rings. The number of rotatable bonds is 6. The van der Waals surface area contributed by atoms with Crippen molar-refractivity contribution in [2.45, 2.75) is 13.3 Å². The van der Waals surface area contributed by atoms with Crippen molar-refractivity contribution in [2.24, 2.45) is 5.73 Å². The molecule has 6 nitrogen and oxygen atoms in total. The van der Waals surface area contributed by atoms with Gasteiger partial charge in [-0.3, -0.25) is 14.9 Å². The molecule has 0 atom stereocenters. The fraction of sp³-hybridized carbons (Fsp3) is 0.188. The van der Waals surface area contributed by atoms with Gasteiger partial charge in [-0.15, -0.1) is 0 Å². The molecular weight excluding hydrogens is 282 g/mol. The van der Waals surface area contributed by atoms with Gasteiger partial charge >= 0.3 is 0 Å². The van der Waals surface area contributed by atoms with Gasteiger partial charge in [0.25, 0.3) is 5.69 Å². The molecule has 3 N–H and O–H groups in total. The first kappa shape index (κ1) is 15.5. The number of nitro groups is 1. The zero-order chi connectivity index (χ0) is 16.1. The summed E-state index contributed by atoms with van der Waals surface area (Å²) in [5.74, 6) is -0.686. The summed E-state index contributed by atoms with van der Waals surface area (Å²) in [6.07, 6.45) is 0.751. The Kier molecular flexibility index (Phi) is 4.73. The van der Waals surface area contributed by atoms with E-state index in [4.69, 9.17) is 5.73 Å². The Morgan fingerprint density at radius 1 is 1.27 bits per heavy atom. The lowest BCUT2D eigenvalue weighted by atomic mass is 10.1. The molecule has 0 aliphatic rings. The van der Waals surface area contributed by atoms with Crippen LogP contribution in [0.5, 0.6) is 0 Å². The zero-order valence-electron chi connectivity index (χ0n) is 12.2. The number of hydrogen-bond donors (Lipinski definition) is 2. The monoisotopic (exact) mass is 299 g/mol. The Labute approximate surface area is 128 Å². The predicted molar refractivity (Wildman–Crippen MR) is 85.0 cm³/mol. The van der Waals surface area contributed by atoms with E-state index in [1.807, 2.05) is 31.2 Å². The third-order valence-electron chi connectivity index (χ3n) is 3.45. The summed E-state index contributed by atoms with van der Waals surface area (Å²) in [6.45, 7) is 2.58. The van der Waals surface area contributed by atoms with Gasteiger partial charge in [0.05, 0.1) is 4.92 Å². The average Bonchev–Trinajstić information content (AvgIpc) is 2.49. The van der Waals surface area contributed by atoms with Gasteiger partial charge < -0.3 is 11.1 Å². The van der Waals surface area contributed by atoms with E-state index in [2.05, 4.69) is 5.32 Å². The van der Waals surface area contributed by atoms with Crippen LogP contribution >= 0.6 is 0 Å². The van der Waals surface area contributed by atoms with E-state index in [9.17, 15) is 14.9 Å². The average molecular weight is 299 g/mol. The summed E-state index contributed by atoms with van der Waals surface area (Å²) >= 11 is 0. The van der Waals surface area contributed by atoms with Crippen LogP contribution in [0.2, 0.25) is 0 Å². The van der Waals surface area contributed by atoms with Gasteiger partial charge in [-0.05, 0) is 36.6 Å². The first-order chi connectivity index (χ1) is 10.5. The molecule has 114 valence electrons. The second-order valence-corrected chi connectivity index (χ2v) is 4.96. The summed E-state index contributed by atoms with van der Waals surface area (Å²) in [6, 6.07) is 12.2. The number of nitrogens with zero attached hydrogens (tertiary/aromatic N) is 1. The van der Waals surface area contributed by atoms with Crippen LogP contribution in [0.1, 0.15) is 21.5 Å². The Hall–Kier alpha value is -2.89. The molecule has 0 spiro atoms. The van der Waals surface area contributed by atoms with Gasteiger partial charge in [-0.1, -0.05) is 24.3 Å². The van der Waals surface area contributed by atoms with E-state index in [1.165, 1.54) is 29.3 Å². The van der Waals surface area contributed by atoms with E-state index in [0.717, 1.165) is 6.42 Å². The standard InChI is InChI=1S/C16H17N3O3/c1-11-4-2-3-5-12(11)8-9-18-14-7-6-13(16(17)20)10-15(14)19(21)22/h2-7,10,18H,8-9H2,1H3,(H2,17,20). The maximum Gasteiger partial charge on any atom is 0.293 e. The Morgan fingerprint density at radius 2 is 2.00 bits per heavy atom. The number of primary amides is 1. The molecule has 0 aromatic heterocycles. The van der Waals surface area contributed by atoms with E-state index in [1.54, 1.807) is 0 Å². The minimum Gasteiger partial charge on any atom is -0.379 e. The molecule has 2 rings (SSSR count). The number of nitrogens with two attached hydrogens (primary N) is 1. The normalized spacial score (nSPS) is 10.2. The van der Waals surface area contributed by atoms with Crippen molar-refractivity contribution in [3.8, 4) is 0 Å². The van der Waals surface area contributed by atoms with Crippen molar-refractivity contribution >= 4 is 17.3 Å². The van der Waals surface area contributed by atoms with Crippen LogP contribution in [0.15, 0.2) is 42.5 Å². The topological polar surface area (TPSA) is 98.3 Å². The second kappa shape index (κ2) is 6.71. The number of hydrogen-bond acceptors (Lipinski definition) is 4. The fourth-order valence-electron chi connectivity index (χ4n) is 2.21. The van der Waals surface area contributed by atoms with Crippen molar-refractivity contribution in [1.29, 1.82) is 0 Å². The first-order valence-electron chi connectivity index (χ1n) is 6.85. The fourth-order valence-corrected chi connectivity index (χ4v) is 2.21. The molecule has 0 bridgehead atoms. The SMILES string of the molecule is Cc1ccccc1CCNc1ccc(C(N)=O)cc1[N+](=O)[O-]. The molecule has 0 saturated carbocycles. The quantitative estimate of drug-likeness (QED) is 0.632. The lowest BCUT2D eigenvalue weighted by molar-refractivity contribution is -0.384. The number of carbonyl (C=O) groups excluding carboxylic acids is 1. The van der Waals surface area contributed by atoms with E-state index >= 15 is 0 Å². The van der Waals surface area contributed by atoms with Gasteiger partial charge in [-0.2, -0.15) is 0 Å². The van der Waals surface area contributed by atoms with E-state index < -0.39 is 10.8 Å². The number of nitro benzene ring substituents is 1. The Balaban J connectivity index is 2.11. The molecule has 0 saturated heterocycles. The first-order valence-corrected chi connectivity index (χ1v) is 6.85. The Bertz CT molecular complexity index is 714. The summed E-state index contributed by atoms with van der Waals surface area (Å²) < 4.78 is 0. The molecule has 22 heavy (non-hydrogen) atoms. The molecule has 0 aliphatic carbocycles. The van der Waals surface area contributed by atoms with Gasteiger partial charge in [0.15, 0.2) is 0 Å². The maximum atomic E-state index is 11.1. The highest BCUT2D eigenvalue weighted by atomic mass is 16.6. The summed E-state index contributed by atoms with van der Waals surface area (Å²) in [7, 11) is 0. The number of anilines is 1. The lowest BCUT2D eigenvalue weighted by Gasteiger charge is -2.09. The molecule has 0 unspecified atom stereocenters. The highest BCUT2D eigenvalue weighted by molar-refractivity contribution is 5.94. The van der Waals surface area contributed by atoms with Crippen LogP contribution in [-0.4, -0.2) is 17.4 Å². The van der Waals surface area contributed by atoms with Crippen molar-refractivity contribution in [1.82, 2.24) is 0 Å². The summed E-state index contributed by atoms with van der Waals surface area (Å²) in [5.41, 5.74) is 7.86. The zero-order valence-corrected chi connectivity index (χ0v) is 12.2. The van der Waals surface area contributed by atoms with E-state index in [0.29, 0.717) is 12.2 Å². The second-order valence-electron chi connectivity index (χ2n) is 4.96. The molecule has 0 radical (unpaired) electrons.